The number of benzene rings is 1. The van der Waals surface area contributed by atoms with Gasteiger partial charge in [0.2, 0.25) is 0 Å². The molecule has 1 amide bonds. The van der Waals surface area contributed by atoms with Crippen molar-refractivity contribution in [2.24, 2.45) is 5.92 Å². The highest BCUT2D eigenvalue weighted by molar-refractivity contribution is 14.1. The number of carbonyl (C=O) groups excluding carboxylic acids is 1. The van der Waals surface area contributed by atoms with E-state index in [1.165, 1.54) is 0 Å². The maximum atomic E-state index is 12.4. The van der Waals surface area contributed by atoms with Gasteiger partial charge in [-0.1, -0.05) is 19.9 Å². The highest BCUT2D eigenvalue weighted by atomic mass is 127. The van der Waals surface area contributed by atoms with Crippen LogP contribution in [0.2, 0.25) is 0 Å². The first-order valence-corrected chi connectivity index (χ1v) is 9.31. The normalized spacial score (nSPS) is 10.4. The van der Waals surface area contributed by atoms with E-state index in [1.807, 2.05) is 19.1 Å². The summed E-state index contributed by atoms with van der Waals surface area (Å²) in [5.74, 6) is 1.41. The van der Waals surface area contributed by atoms with Gasteiger partial charge in [0.1, 0.15) is 11.6 Å². The number of aromatic nitrogens is 1. The van der Waals surface area contributed by atoms with Gasteiger partial charge in [0, 0.05) is 15.3 Å². The lowest BCUT2D eigenvalue weighted by Crippen LogP contribution is -2.34. The summed E-state index contributed by atoms with van der Waals surface area (Å²) in [5, 5.41) is 5.81. The molecule has 0 radical (unpaired) electrons. The van der Waals surface area contributed by atoms with Crippen molar-refractivity contribution in [3.63, 3.8) is 0 Å². The number of amides is 1. The summed E-state index contributed by atoms with van der Waals surface area (Å²) >= 11 is 7.40. The fourth-order valence-electron chi connectivity index (χ4n) is 1.98. The van der Waals surface area contributed by atoms with Gasteiger partial charge in [0.05, 0.1) is 6.61 Å². The smallest absolute Gasteiger partial charge is 0.257 e. The van der Waals surface area contributed by atoms with E-state index in [-0.39, 0.29) is 11.0 Å². The number of nitrogens with zero attached hydrogens (tertiary/aromatic N) is 1. The van der Waals surface area contributed by atoms with Gasteiger partial charge < -0.3 is 10.1 Å². The molecule has 1 heterocycles. The lowest BCUT2D eigenvalue weighted by molar-refractivity contribution is 0.0977. The first-order chi connectivity index (χ1) is 11.8. The lowest BCUT2D eigenvalue weighted by Gasteiger charge is -2.12. The molecule has 0 unspecified atom stereocenters. The van der Waals surface area contributed by atoms with E-state index in [0.717, 1.165) is 9.13 Å². The zero-order chi connectivity index (χ0) is 18.4. The van der Waals surface area contributed by atoms with E-state index >= 15 is 0 Å². The fourth-order valence-corrected chi connectivity index (χ4v) is 2.77. The van der Waals surface area contributed by atoms with Crippen molar-refractivity contribution in [3.8, 4) is 5.75 Å². The summed E-state index contributed by atoms with van der Waals surface area (Å²) in [4.78, 5) is 16.6. The summed E-state index contributed by atoms with van der Waals surface area (Å²) in [7, 11) is 0. The number of thiocarbonyl (C=S) groups is 1. The number of aryl methyl sites for hydroxylation is 1. The Morgan fingerprint density at radius 1 is 1.36 bits per heavy atom. The number of rotatable bonds is 5. The van der Waals surface area contributed by atoms with Crippen LogP contribution in [0.5, 0.6) is 5.75 Å². The monoisotopic (exact) mass is 469 g/mol. The molecule has 0 aliphatic carbocycles. The van der Waals surface area contributed by atoms with Crippen LogP contribution in [-0.4, -0.2) is 22.6 Å². The Kier molecular flexibility index (Phi) is 7.12. The van der Waals surface area contributed by atoms with E-state index in [1.54, 1.807) is 24.4 Å². The first-order valence-electron chi connectivity index (χ1n) is 7.82. The Bertz CT molecular complexity index is 781. The molecule has 1 aromatic carbocycles. The van der Waals surface area contributed by atoms with Crippen LogP contribution in [0.15, 0.2) is 36.5 Å². The summed E-state index contributed by atoms with van der Waals surface area (Å²) in [6.07, 6.45) is 1.73. The van der Waals surface area contributed by atoms with Crippen LogP contribution in [0.25, 0.3) is 0 Å². The molecular formula is C18H20IN3O2S. The van der Waals surface area contributed by atoms with Crippen molar-refractivity contribution in [1.29, 1.82) is 0 Å². The summed E-state index contributed by atoms with van der Waals surface area (Å²) in [6.45, 7) is 6.67. The SMILES string of the molecule is Cc1cc(I)cnc1NC(=S)NC(=O)c1cccc(OCC(C)C)c1. The van der Waals surface area contributed by atoms with E-state index < -0.39 is 0 Å². The Labute approximate surface area is 166 Å². The lowest BCUT2D eigenvalue weighted by atomic mass is 10.2. The van der Waals surface area contributed by atoms with Crippen molar-refractivity contribution in [2.45, 2.75) is 20.8 Å². The molecule has 0 bridgehead atoms. The second-order valence-electron chi connectivity index (χ2n) is 5.96. The molecule has 0 fully saturated rings. The largest absolute Gasteiger partial charge is 0.493 e. The predicted octanol–water partition coefficient (Wildman–Crippen LogP) is 4.16. The van der Waals surface area contributed by atoms with Crippen molar-refractivity contribution in [3.05, 3.63) is 51.2 Å². The number of hydrogen-bond acceptors (Lipinski definition) is 4. The number of hydrogen-bond donors (Lipinski definition) is 2. The molecule has 2 aromatic rings. The first kappa shape index (κ1) is 19.6. The minimum absolute atomic E-state index is 0.204. The molecule has 25 heavy (non-hydrogen) atoms. The third-order valence-electron chi connectivity index (χ3n) is 3.18. The minimum atomic E-state index is -0.296. The quantitative estimate of drug-likeness (QED) is 0.509. The van der Waals surface area contributed by atoms with Crippen LogP contribution in [-0.2, 0) is 0 Å². The predicted molar refractivity (Wildman–Crippen MR) is 112 cm³/mol. The molecule has 0 saturated heterocycles. The van der Waals surface area contributed by atoms with Gasteiger partial charge in [-0.3, -0.25) is 10.1 Å². The Balaban J connectivity index is 1.99. The van der Waals surface area contributed by atoms with Gasteiger partial charge >= 0.3 is 0 Å². The van der Waals surface area contributed by atoms with Crippen LogP contribution < -0.4 is 15.4 Å². The Morgan fingerprint density at radius 2 is 2.12 bits per heavy atom. The molecule has 5 nitrogen and oxygen atoms in total. The minimum Gasteiger partial charge on any atom is -0.493 e. The molecule has 7 heteroatoms. The van der Waals surface area contributed by atoms with Crippen molar-refractivity contribution < 1.29 is 9.53 Å². The van der Waals surface area contributed by atoms with E-state index in [2.05, 4.69) is 52.1 Å². The second kappa shape index (κ2) is 9.10. The average molecular weight is 469 g/mol. The highest BCUT2D eigenvalue weighted by Gasteiger charge is 2.10. The third kappa shape index (κ3) is 6.24. The molecule has 0 spiro atoms. The average Bonchev–Trinajstić information content (AvgIpc) is 2.56. The maximum absolute atomic E-state index is 12.4. The number of carbonyl (C=O) groups is 1. The van der Waals surface area contributed by atoms with Crippen LogP contribution in [0, 0.1) is 16.4 Å². The zero-order valence-electron chi connectivity index (χ0n) is 14.3. The van der Waals surface area contributed by atoms with Gasteiger partial charge in [-0.05, 0) is 77.5 Å². The van der Waals surface area contributed by atoms with Crippen molar-refractivity contribution in [1.82, 2.24) is 10.3 Å². The maximum Gasteiger partial charge on any atom is 0.257 e. The number of ether oxygens (including phenoxy) is 1. The van der Waals surface area contributed by atoms with E-state index in [0.29, 0.717) is 29.7 Å². The van der Waals surface area contributed by atoms with E-state index in [9.17, 15) is 4.79 Å². The van der Waals surface area contributed by atoms with Gasteiger partial charge in [0.15, 0.2) is 5.11 Å². The van der Waals surface area contributed by atoms with Crippen molar-refractivity contribution in [2.75, 3.05) is 11.9 Å². The summed E-state index contributed by atoms with van der Waals surface area (Å²) in [6, 6.07) is 9.01. The third-order valence-corrected chi connectivity index (χ3v) is 3.98. The molecule has 1 aromatic heterocycles. The Morgan fingerprint density at radius 3 is 2.80 bits per heavy atom. The number of nitrogens with one attached hydrogen (secondary N) is 2. The van der Waals surface area contributed by atoms with Crippen LogP contribution in [0.1, 0.15) is 29.8 Å². The van der Waals surface area contributed by atoms with Gasteiger partial charge in [-0.2, -0.15) is 0 Å². The van der Waals surface area contributed by atoms with Crippen molar-refractivity contribution >= 4 is 51.6 Å². The van der Waals surface area contributed by atoms with Gasteiger partial charge in [-0.25, -0.2) is 4.98 Å². The van der Waals surface area contributed by atoms with E-state index in [4.69, 9.17) is 17.0 Å². The summed E-state index contributed by atoms with van der Waals surface area (Å²) < 4.78 is 6.68. The molecule has 0 atom stereocenters. The molecule has 0 aliphatic rings. The molecule has 132 valence electrons. The fraction of sp³-hybridized carbons (Fsp3) is 0.278. The molecular weight excluding hydrogens is 449 g/mol. The van der Waals surface area contributed by atoms with Crippen LogP contribution >= 0.6 is 34.8 Å². The summed E-state index contributed by atoms with van der Waals surface area (Å²) in [5.41, 5.74) is 1.44. The second-order valence-corrected chi connectivity index (χ2v) is 7.61. The Hall–Kier alpha value is -1.74. The molecule has 0 aliphatic heterocycles. The number of anilines is 1. The van der Waals surface area contributed by atoms with Gasteiger partial charge in [0.25, 0.3) is 5.91 Å². The van der Waals surface area contributed by atoms with Crippen LogP contribution in [0.4, 0.5) is 5.82 Å². The number of halogens is 1. The molecule has 2 rings (SSSR count). The zero-order valence-corrected chi connectivity index (χ0v) is 17.3. The van der Waals surface area contributed by atoms with Gasteiger partial charge in [-0.15, -0.1) is 0 Å². The molecule has 0 saturated carbocycles. The highest BCUT2D eigenvalue weighted by Crippen LogP contribution is 2.15. The standard InChI is InChI=1S/C18H20IN3O2S/c1-11(2)10-24-15-6-4-5-13(8-15)17(23)22-18(25)21-16-12(3)7-14(19)9-20-16/h4-9,11H,10H2,1-3H3,(H2,20,21,22,23,25). The van der Waals surface area contributed by atoms with Crippen LogP contribution in [0.3, 0.4) is 0 Å². The number of pyridine rings is 1. The molecule has 2 N–H and O–H groups in total. The topological polar surface area (TPSA) is 63.2 Å².